The molecule has 0 spiro atoms. The number of aromatic nitrogens is 1. The van der Waals surface area contributed by atoms with Crippen molar-refractivity contribution in [2.45, 2.75) is 19.4 Å². The van der Waals surface area contributed by atoms with Crippen LogP contribution in [-0.2, 0) is 11.3 Å². The van der Waals surface area contributed by atoms with Crippen molar-refractivity contribution >= 4 is 5.91 Å². The molecular weight excluding hydrogens is 242 g/mol. The Morgan fingerprint density at radius 1 is 1.53 bits per heavy atom. The van der Waals surface area contributed by atoms with E-state index in [1.807, 2.05) is 22.9 Å². The lowest BCUT2D eigenvalue weighted by Gasteiger charge is -2.22. The normalized spacial score (nSPS) is 16.5. The van der Waals surface area contributed by atoms with Crippen LogP contribution in [0.1, 0.15) is 23.3 Å². The van der Waals surface area contributed by atoms with E-state index in [-0.39, 0.29) is 5.91 Å². The maximum atomic E-state index is 12.1. The lowest BCUT2D eigenvalue weighted by Crippen LogP contribution is -2.36. The fourth-order valence-electron chi connectivity index (χ4n) is 2.42. The van der Waals surface area contributed by atoms with Crippen LogP contribution in [0.5, 0.6) is 0 Å². The summed E-state index contributed by atoms with van der Waals surface area (Å²) in [4.78, 5) is 12.1. The number of hydrogen-bond donors (Lipinski definition) is 2. The van der Waals surface area contributed by atoms with E-state index in [1.54, 1.807) is 7.11 Å². The molecule has 0 aliphatic carbocycles. The molecule has 0 saturated carbocycles. The Morgan fingerprint density at radius 2 is 2.32 bits per heavy atom. The molecule has 1 saturated heterocycles. The van der Waals surface area contributed by atoms with Crippen molar-refractivity contribution in [3.63, 3.8) is 0 Å². The molecule has 2 N–H and O–H groups in total. The van der Waals surface area contributed by atoms with Gasteiger partial charge < -0.3 is 19.9 Å². The molecule has 1 aromatic rings. The van der Waals surface area contributed by atoms with E-state index in [0.29, 0.717) is 24.8 Å². The lowest BCUT2D eigenvalue weighted by atomic mass is 9.98. The Hall–Kier alpha value is -1.33. The molecule has 1 aromatic heterocycles. The Kier molecular flexibility index (Phi) is 5.42. The monoisotopic (exact) mass is 265 g/mol. The highest BCUT2D eigenvalue weighted by Crippen LogP contribution is 2.10. The van der Waals surface area contributed by atoms with Crippen LogP contribution in [0.15, 0.2) is 18.3 Å². The smallest absolute Gasteiger partial charge is 0.267 e. The zero-order valence-electron chi connectivity index (χ0n) is 11.5. The SMILES string of the molecule is COCCn1cccc1C(=O)NCC1CCNCC1. The molecule has 2 heterocycles. The third-order valence-electron chi connectivity index (χ3n) is 3.61. The van der Waals surface area contributed by atoms with Gasteiger partial charge in [-0.1, -0.05) is 0 Å². The molecule has 5 nitrogen and oxygen atoms in total. The number of rotatable bonds is 6. The Bertz CT molecular complexity index is 397. The highest BCUT2D eigenvalue weighted by Gasteiger charge is 2.15. The van der Waals surface area contributed by atoms with Gasteiger partial charge in [-0.3, -0.25) is 4.79 Å². The summed E-state index contributed by atoms with van der Waals surface area (Å²) < 4.78 is 6.98. The first-order valence-corrected chi connectivity index (χ1v) is 6.94. The van der Waals surface area contributed by atoms with Crippen molar-refractivity contribution in [3.05, 3.63) is 24.0 Å². The molecule has 0 bridgehead atoms. The molecule has 1 aliphatic rings. The second-order valence-electron chi connectivity index (χ2n) is 4.98. The molecule has 5 heteroatoms. The second kappa shape index (κ2) is 7.31. The minimum atomic E-state index is 0.0136. The van der Waals surface area contributed by atoms with E-state index in [4.69, 9.17) is 4.74 Å². The molecule has 1 aliphatic heterocycles. The quantitative estimate of drug-likeness (QED) is 0.802. The zero-order valence-corrected chi connectivity index (χ0v) is 11.5. The number of ether oxygens (including phenoxy) is 1. The van der Waals surface area contributed by atoms with Crippen LogP contribution in [0.2, 0.25) is 0 Å². The van der Waals surface area contributed by atoms with Gasteiger partial charge in [0.15, 0.2) is 0 Å². The lowest BCUT2D eigenvalue weighted by molar-refractivity contribution is 0.0932. The molecule has 2 rings (SSSR count). The highest BCUT2D eigenvalue weighted by atomic mass is 16.5. The molecule has 0 radical (unpaired) electrons. The van der Waals surface area contributed by atoms with Gasteiger partial charge in [-0.15, -0.1) is 0 Å². The van der Waals surface area contributed by atoms with E-state index in [1.165, 1.54) is 0 Å². The highest BCUT2D eigenvalue weighted by molar-refractivity contribution is 5.92. The number of nitrogens with zero attached hydrogens (tertiary/aromatic N) is 1. The zero-order chi connectivity index (χ0) is 13.5. The van der Waals surface area contributed by atoms with Crippen LogP contribution in [-0.4, -0.2) is 43.8 Å². The van der Waals surface area contributed by atoms with Gasteiger partial charge in [0, 0.05) is 26.4 Å². The first kappa shape index (κ1) is 14.1. The standard InChI is InChI=1S/C14H23N3O2/c1-19-10-9-17-8-2-3-13(17)14(18)16-11-12-4-6-15-7-5-12/h2-3,8,12,15H,4-7,9-11H2,1H3,(H,16,18). The Morgan fingerprint density at radius 3 is 3.05 bits per heavy atom. The number of amides is 1. The largest absolute Gasteiger partial charge is 0.383 e. The van der Waals surface area contributed by atoms with Gasteiger partial charge >= 0.3 is 0 Å². The number of carbonyl (C=O) groups is 1. The number of hydrogen-bond acceptors (Lipinski definition) is 3. The van der Waals surface area contributed by atoms with Crippen LogP contribution in [0.4, 0.5) is 0 Å². The first-order valence-electron chi connectivity index (χ1n) is 6.94. The molecule has 1 fully saturated rings. The van der Waals surface area contributed by atoms with Crippen molar-refractivity contribution in [1.29, 1.82) is 0 Å². The van der Waals surface area contributed by atoms with E-state index in [0.717, 1.165) is 32.5 Å². The predicted octanol–water partition coefficient (Wildman–Crippen LogP) is 0.864. The Labute approximate surface area is 114 Å². The van der Waals surface area contributed by atoms with Crippen molar-refractivity contribution < 1.29 is 9.53 Å². The summed E-state index contributed by atoms with van der Waals surface area (Å²) in [6.45, 7) is 4.22. The van der Waals surface area contributed by atoms with E-state index < -0.39 is 0 Å². The molecule has 0 unspecified atom stereocenters. The fourth-order valence-corrected chi connectivity index (χ4v) is 2.42. The van der Waals surface area contributed by atoms with Gasteiger partial charge in [0.05, 0.1) is 6.61 Å². The van der Waals surface area contributed by atoms with Crippen molar-refractivity contribution in [3.8, 4) is 0 Å². The summed E-state index contributed by atoms with van der Waals surface area (Å²) in [6, 6.07) is 3.75. The van der Waals surface area contributed by atoms with Gasteiger partial charge in [0.2, 0.25) is 0 Å². The maximum Gasteiger partial charge on any atom is 0.267 e. The van der Waals surface area contributed by atoms with Crippen LogP contribution in [0.3, 0.4) is 0 Å². The number of methoxy groups -OCH3 is 1. The number of carbonyl (C=O) groups excluding carboxylic acids is 1. The van der Waals surface area contributed by atoms with E-state index >= 15 is 0 Å². The third kappa shape index (κ3) is 4.08. The van der Waals surface area contributed by atoms with Gasteiger partial charge in [0.25, 0.3) is 5.91 Å². The number of piperidine rings is 1. The minimum Gasteiger partial charge on any atom is -0.383 e. The average molecular weight is 265 g/mol. The summed E-state index contributed by atoms with van der Waals surface area (Å²) in [5.74, 6) is 0.618. The molecule has 0 atom stereocenters. The average Bonchev–Trinajstić information content (AvgIpc) is 2.92. The minimum absolute atomic E-state index is 0.0136. The van der Waals surface area contributed by atoms with Gasteiger partial charge in [0.1, 0.15) is 5.69 Å². The summed E-state index contributed by atoms with van der Waals surface area (Å²) in [6.07, 6.45) is 4.20. The topological polar surface area (TPSA) is 55.3 Å². The summed E-state index contributed by atoms with van der Waals surface area (Å²) >= 11 is 0. The maximum absolute atomic E-state index is 12.1. The van der Waals surface area contributed by atoms with E-state index in [2.05, 4.69) is 10.6 Å². The van der Waals surface area contributed by atoms with Crippen molar-refractivity contribution in [2.24, 2.45) is 5.92 Å². The molecule has 19 heavy (non-hydrogen) atoms. The molecule has 1 amide bonds. The summed E-state index contributed by atoms with van der Waals surface area (Å²) in [5, 5.41) is 6.37. The fraction of sp³-hybridized carbons (Fsp3) is 0.643. The van der Waals surface area contributed by atoms with Crippen molar-refractivity contribution in [1.82, 2.24) is 15.2 Å². The summed E-state index contributed by atoms with van der Waals surface area (Å²) in [7, 11) is 1.67. The van der Waals surface area contributed by atoms with Crippen LogP contribution < -0.4 is 10.6 Å². The van der Waals surface area contributed by atoms with Gasteiger partial charge in [-0.05, 0) is 44.0 Å². The third-order valence-corrected chi connectivity index (χ3v) is 3.61. The van der Waals surface area contributed by atoms with Gasteiger partial charge in [-0.2, -0.15) is 0 Å². The predicted molar refractivity (Wildman–Crippen MR) is 74.2 cm³/mol. The first-order chi connectivity index (χ1) is 9.31. The Balaban J connectivity index is 1.83. The molecule has 0 aromatic carbocycles. The van der Waals surface area contributed by atoms with Crippen molar-refractivity contribution in [2.75, 3.05) is 33.4 Å². The molecule has 106 valence electrons. The van der Waals surface area contributed by atoms with Crippen LogP contribution in [0, 0.1) is 5.92 Å². The van der Waals surface area contributed by atoms with Crippen LogP contribution >= 0.6 is 0 Å². The van der Waals surface area contributed by atoms with E-state index in [9.17, 15) is 4.79 Å². The summed E-state index contributed by atoms with van der Waals surface area (Å²) in [5.41, 5.74) is 0.714. The molecular formula is C14H23N3O2. The van der Waals surface area contributed by atoms with Crippen LogP contribution in [0.25, 0.3) is 0 Å². The van der Waals surface area contributed by atoms with Gasteiger partial charge in [-0.25, -0.2) is 0 Å². The number of nitrogens with one attached hydrogen (secondary N) is 2. The second-order valence-corrected chi connectivity index (χ2v) is 4.98.